The van der Waals surface area contributed by atoms with Gasteiger partial charge in [-0.15, -0.1) is 0 Å². The Balaban J connectivity index is 2.04. The average Bonchev–Trinajstić information content (AvgIpc) is 2.81. The van der Waals surface area contributed by atoms with Crippen molar-refractivity contribution < 1.29 is 9.52 Å². The van der Waals surface area contributed by atoms with Crippen LogP contribution in [-0.2, 0) is 0 Å². The number of aliphatic hydroxyl groups is 1. The predicted molar refractivity (Wildman–Crippen MR) is 67.3 cm³/mol. The van der Waals surface area contributed by atoms with Gasteiger partial charge in [-0.1, -0.05) is 11.6 Å². The number of hydrogen-bond acceptors (Lipinski definition) is 4. The molecule has 0 saturated heterocycles. The fraction of sp³-hybridized carbons (Fsp3) is 0.0769. The highest BCUT2D eigenvalue weighted by Gasteiger charge is 2.16. The highest BCUT2D eigenvalue weighted by molar-refractivity contribution is 6.31. The van der Waals surface area contributed by atoms with E-state index in [1.54, 1.807) is 30.5 Å². The van der Waals surface area contributed by atoms with E-state index in [4.69, 9.17) is 16.0 Å². The van der Waals surface area contributed by atoms with Crippen LogP contribution in [0.4, 0.5) is 0 Å². The van der Waals surface area contributed by atoms with Crippen LogP contribution in [0.5, 0.6) is 0 Å². The molecule has 1 aromatic carbocycles. The summed E-state index contributed by atoms with van der Waals surface area (Å²) < 4.78 is 5.56. The molecule has 2 aromatic heterocycles. The Morgan fingerprint density at radius 3 is 2.89 bits per heavy atom. The number of nitrogens with zero attached hydrogens (tertiary/aromatic N) is 2. The van der Waals surface area contributed by atoms with Crippen LogP contribution in [0.2, 0.25) is 5.02 Å². The lowest BCUT2D eigenvalue weighted by molar-refractivity contribution is 0.187. The third-order valence-electron chi connectivity index (χ3n) is 2.63. The summed E-state index contributed by atoms with van der Waals surface area (Å²) >= 11 is 5.90. The van der Waals surface area contributed by atoms with Gasteiger partial charge in [-0.05, 0) is 24.3 Å². The molecular formula is C13H9ClN2O2. The molecule has 2 heterocycles. The zero-order valence-corrected chi connectivity index (χ0v) is 10.0. The third kappa shape index (κ3) is 1.96. The van der Waals surface area contributed by atoms with Crippen molar-refractivity contribution in [1.29, 1.82) is 0 Å². The summed E-state index contributed by atoms with van der Waals surface area (Å²) in [6.07, 6.45) is 3.65. The molecule has 0 aliphatic rings. The summed E-state index contributed by atoms with van der Waals surface area (Å²) in [5.74, 6) is 0.424. The van der Waals surface area contributed by atoms with Crippen LogP contribution in [0.1, 0.15) is 17.6 Å². The molecule has 0 bridgehead atoms. The Morgan fingerprint density at radius 2 is 2.11 bits per heavy atom. The number of aliphatic hydroxyl groups excluding tert-OH is 1. The molecule has 1 unspecified atom stereocenters. The van der Waals surface area contributed by atoms with E-state index in [1.807, 2.05) is 0 Å². The quantitative estimate of drug-likeness (QED) is 0.770. The number of rotatable bonds is 2. The van der Waals surface area contributed by atoms with Gasteiger partial charge in [0.05, 0.1) is 11.9 Å². The van der Waals surface area contributed by atoms with E-state index >= 15 is 0 Å². The number of hydrogen-bond donors (Lipinski definition) is 1. The summed E-state index contributed by atoms with van der Waals surface area (Å²) in [5.41, 5.74) is 1.12. The van der Waals surface area contributed by atoms with Gasteiger partial charge in [0, 0.05) is 22.8 Å². The van der Waals surface area contributed by atoms with Gasteiger partial charge in [0.1, 0.15) is 11.3 Å². The maximum absolute atomic E-state index is 10.1. The second-order valence-corrected chi connectivity index (χ2v) is 4.30. The first kappa shape index (κ1) is 11.2. The molecule has 0 spiro atoms. The van der Waals surface area contributed by atoms with Crippen molar-refractivity contribution in [3.8, 4) is 0 Å². The Bertz CT molecular complexity index is 682. The lowest BCUT2D eigenvalue weighted by atomic mass is 10.2. The minimum atomic E-state index is -0.926. The molecule has 3 aromatic rings. The molecule has 0 amide bonds. The van der Waals surface area contributed by atoms with Gasteiger partial charge in [0.15, 0.2) is 6.10 Å². The Kier molecular flexibility index (Phi) is 2.74. The molecule has 0 radical (unpaired) electrons. The maximum Gasteiger partial charge on any atom is 0.155 e. The summed E-state index contributed by atoms with van der Waals surface area (Å²) in [6.45, 7) is 0. The largest absolute Gasteiger partial charge is 0.458 e. The molecule has 5 heteroatoms. The highest BCUT2D eigenvalue weighted by atomic mass is 35.5. The standard InChI is InChI=1S/C13H9ClN2O2/c14-9-1-2-11-8(5-9)6-12(18-11)13(17)10-7-15-3-4-16-10/h1-7,13,17H. The first-order valence-electron chi connectivity index (χ1n) is 5.37. The SMILES string of the molecule is OC(c1cnccn1)c1cc2cc(Cl)ccc2o1. The first-order chi connectivity index (χ1) is 8.74. The molecule has 90 valence electrons. The predicted octanol–water partition coefficient (Wildman–Crippen LogP) is 2.96. The lowest BCUT2D eigenvalue weighted by Gasteiger charge is -2.04. The topological polar surface area (TPSA) is 59.2 Å². The van der Waals surface area contributed by atoms with Crippen LogP contribution in [0.25, 0.3) is 11.0 Å². The van der Waals surface area contributed by atoms with E-state index in [0.29, 0.717) is 22.1 Å². The van der Waals surface area contributed by atoms with E-state index in [-0.39, 0.29) is 0 Å². The zero-order chi connectivity index (χ0) is 12.5. The first-order valence-corrected chi connectivity index (χ1v) is 5.75. The van der Waals surface area contributed by atoms with E-state index < -0.39 is 6.10 Å². The van der Waals surface area contributed by atoms with Crippen LogP contribution in [0.15, 0.2) is 47.3 Å². The average molecular weight is 261 g/mol. The molecular weight excluding hydrogens is 252 g/mol. The summed E-state index contributed by atoms with van der Waals surface area (Å²) in [5, 5.41) is 11.6. The Morgan fingerprint density at radius 1 is 1.22 bits per heavy atom. The van der Waals surface area contributed by atoms with Crippen molar-refractivity contribution in [2.75, 3.05) is 0 Å². The van der Waals surface area contributed by atoms with Gasteiger partial charge in [-0.25, -0.2) is 0 Å². The zero-order valence-electron chi connectivity index (χ0n) is 9.25. The number of halogens is 1. The summed E-state index contributed by atoms with van der Waals surface area (Å²) in [7, 11) is 0. The maximum atomic E-state index is 10.1. The highest BCUT2D eigenvalue weighted by Crippen LogP contribution is 2.28. The van der Waals surface area contributed by atoms with E-state index in [9.17, 15) is 5.11 Å². The van der Waals surface area contributed by atoms with Crippen LogP contribution in [0, 0.1) is 0 Å². The number of benzene rings is 1. The fourth-order valence-electron chi connectivity index (χ4n) is 1.77. The van der Waals surface area contributed by atoms with Crippen LogP contribution in [-0.4, -0.2) is 15.1 Å². The smallest absolute Gasteiger partial charge is 0.155 e. The summed E-state index contributed by atoms with van der Waals surface area (Å²) in [4.78, 5) is 7.96. The molecule has 3 rings (SSSR count). The monoisotopic (exact) mass is 260 g/mol. The molecule has 4 nitrogen and oxygen atoms in total. The van der Waals surface area contributed by atoms with Crippen molar-refractivity contribution in [3.05, 3.63) is 59.3 Å². The van der Waals surface area contributed by atoms with Crippen molar-refractivity contribution in [3.63, 3.8) is 0 Å². The lowest BCUT2D eigenvalue weighted by Crippen LogP contribution is -2.00. The second kappa shape index (κ2) is 4.40. The van der Waals surface area contributed by atoms with Gasteiger partial charge < -0.3 is 9.52 Å². The van der Waals surface area contributed by atoms with Crippen LogP contribution < -0.4 is 0 Å². The van der Waals surface area contributed by atoms with Gasteiger partial charge in [0.25, 0.3) is 0 Å². The van der Waals surface area contributed by atoms with E-state index in [2.05, 4.69) is 9.97 Å². The van der Waals surface area contributed by atoms with E-state index in [0.717, 1.165) is 5.39 Å². The molecule has 0 aliphatic heterocycles. The molecule has 18 heavy (non-hydrogen) atoms. The normalized spacial score (nSPS) is 12.8. The van der Waals surface area contributed by atoms with E-state index in [1.165, 1.54) is 12.4 Å². The van der Waals surface area contributed by atoms with Crippen molar-refractivity contribution in [2.45, 2.75) is 6.10 Å². The number of aromatic nitrogens is 2. The molecule has 1 N–H and O–H groups in total. The van der Waals surface area contributed by atoms with Crippen LogP contribution in [0.3, 0.4) is 0 Å². The summed E-state index contributed by atoms with van der Waals surface area (Å²) in [6, 6.07) is 7.05. The fourth-order valence-corrected chi connectivity index (χ4v) is 1.95. The minimum Gasteiger partial charge on any atom is -0.458 e. The van der Waals surface area contributed by atoms with Gasteiger partial charge in [0.2, 0.25) is 0 Å². The minimum absolute atomic E-state index is 0.424. The van der Waals surface area contributed by atoms with Crippen molar-refractivity contribution in [1.82, 2.24) is 9.97 Å². The molecule has 0 fully saturated rings. The third-order valence-corrected chi connectivity index (χ3v) is 2.87. The molecule has 0 saturated carbocycles. The molecule has 1 atom stereocenters. The van der Waals surface area contributed by atoms with Crippen molar-refractivity contribution >= 4 is 22.6 Å². The van der Waals surface area contributed by atoms with Crippen LogP contribution >= 0.6 is 11.6 Å². The Hall–Kier alpha value is -1.91. The van der Waals surface area contributed by atoms with Crippen molar-refractivity contribution in [2.24, 2.45) is 0 Å². The van der Waals surface area contributed by atoms with Gasteiger partial charge >= 0.3 is 0 Å². The number of fused-ring (bicyclic) bond motifs is 1. The Labute approximate surface area is 108 Å². The molecule has 0 aliphatic carbocycles. The second-order valence-electron chi connectivity index (χ2n) is 3.86. The van der Waals surface area contributed by atoms with Gasteiger partial charge in [-0.3, -0.25) is 9.97 Å². The number of furan rings is 1. The van der Waals surface area contributed by atoms with Gasteiger partial charge in [-0.2, -0.15) is 0 Å².